The van der Waals surface area contributed by atoms with E-state index in [1.807, 2.05) is 49.4 Å². The molecule has 0 saturated carbocycles. The molecule has 7 nitrogen and oxygen atoms in total. The number of rotatable bonds is 5. The van der Waals surface area contributed by atoms with Crippen LogP contribution in [0.2, 0.25) is 0 Å². The van der Waals surface area contributed by atoms with Crippen LogP contribution < -0.4 is 4.74 Å². The van der Waals surface area contributed by atoms with Gasteiger partial charge in [0.25, 0.3) is 0 Å². The van der Waals surface area contributed by atoms with Crippen LogP contribution in [0.3, 0.4) is 0 Å². The Kier molecular flexibility index (Phi) is 4.26. The quantitative estimate of drug-likeness (QED) is 0.546. The van der Waals surface area contributed by atoms with Gasteiger partial charge in [0, 0.05) is 49.0 Å². The fraction of sp³-hybridized carbons (Fsp3) is 0.227. The molecule has 4 aromatic rings. The van der Waals surface area contributed by atoms with E-state index in [2.05, 4.69) is 26.1 Å². The number of β-amino-alcohol motifs (C(OH)–C–C–N with tert-alkyl or cyclic N) is 1. The first-order valence-electron chi connectivity index (χ1n) is 9.52. The summed E-state index contributed by atoms with van der Waals surface area (Å²) >= 11 is 0. The first-order valence-corrected chi connectivity index (χ1v) is 9.52. The number of aromatic nitrogens is 4. The molecule has 3 aromatic heterocycles. The summed E-state index contributed by atoms with van der Waals surface area (Å²) in [6, 6.07) is 15.6. The number of aliphatic hydroxyl groups is 1. The largest absolute Gasteiger partial charge is 0.439 e. The van der Waals surface area contributed by atoms with Crippen molar-refractivity contribution in [2.24, 2.45) is 0 Å². The first-order chi connectivity index (χ1) is 14.0. The van der Waals surface area contributed by atoms with Crippen molar-refractivity contribution >= 4 is 10.9 Å². The van der Waals surface area contributed by atoms with Gasteiger partial charge in [-0.3, -0.25) is 15.0 Å². The molecule has 4 heterocycles. The van der Waals surface area contributed by atoms with Crippen LogP contribution in [0.15, 0.2) is 60.9 Å². The molecule has 1 aliphatic heterocycles. The molecule has 1 aromatic carbocycles. The summed E-state index contributed by atoms with van der Waals surface area (Å²) < 4.78 is 5.90. The highest BCUT2D eigenvalue weighted by atomic mass is 16.5. The zero-order chi connectivity index (χ0) is 19.8. The molecule has 1 fully saturated rings. The lowest BCUT2D eigenvalue weighted by Crippen LogP contribution is -2.59. The van der Waals surface area contributed by atoms with Crippen molar-refractivity contribution in [3.63, 3.8) is 0 Å². The van der Waals surface area contributed by atoms with Gasteiger partial charge in [-0.15, -0.1) is 0 Å². The molecule has 0 radical (unpaired) electrons. The Balaban J connectivity index is 1.29. The van der Waals surface area contributed by atoms with Gasteiger partial charge in [0.05, 0.1) is 22.5 Å². The van der Waals surface area contributed by atoms with Crippen molar-refractivity contribution in [1.82, 2.24) is 25.1 Å². The summed E-state index contributed by atoms with van der Waals surface area (Å²) in [5, 5.41) is 17.7. The van der Waals surface area contributed by atoms with E-state index in [0.29, 0.717) is 24.7 Å². The molecule has 0 amide bonds. The van der Waals surface area contributed by atoms with Gasteiger partial charge >= 0.3 is 0 Å². The molecule has 0 bridgehead atoms. The molecular formula is C22H21N5O2. The van der Waals surface area contributed by atoms with E-state index in [4.69, 9.17) is 9.72 Å². The van der Waals surface area contributed by atoms with Crippen molar-refractivity contribution in [3.8, 4) is 22.9 Å². The number of aromatic amines is 1. The highest BCUT2D eigenvalue weighted by Gasteiger charge is 2.36. The number of likely N-dealkylation sites (tertiary alicyclic amines) is 1. The van der Waals surface area contributed by atoms with E-state index in [0.717, 1.165) is 34.4 Å². The van der Waals surface area contributed by atoms with Crippen molar-refractivity contribution < 1.29 is 9.84 Å². The van der Waals surface area contributed by atoms with Gasteiger partial charge in [0.2, 0.25) is 5.88 Å². The maximum atomic E-state index is 9.86. The lowest BCUT2D eigenvalue weighted by Gasteiger charge is -2.44. The molecule has 5 rings (SSSR count). The van der Waals surface area contributed by atoms with Gasteiger partial charge in [-0.1, -0.05) is 6.07 Å². The van der Waals surface area contributed by atoms with Crippen LogP contribution in [0.5, 0.6) is 11.6 Å². The SMILES string of the molecule is CC1(O)CN(Cc2ccc3cc(Oc4ccc(-c5ccn[nH]5)cn4)ccc3n2)C1. The fourth-order valence-corrected chi connectivity index (χ4v) is 3.69. The Hall–Kier alpha value is -3.29. The van der Waals surface area contributed by atoms with Gasteiger partial charge < -0.3 is 9.84 Å². The molecule has 1 aliphatic rings. The van der Waals surface area contributed by atoms with E-state index in [-0.39, 0.29) is 0 Å². The molecule has 29 heavy (non-hydrogen) atoms. The van der Waals surface area contributed by atoms with Crippen LogP contribution in [-0.4, -0.2) is 48.9 Å². The van der Waals surface area contributed by atoms with Crippen LogP contribution in [-0.2, 0) is 6.54 Å². The average Bonchev–Trinajstić information content (AvgIpc) is 3.22. The maximum absolute atomic E-state index is 9.86. The standard InChI is InChI=1S/C22H21N5O2/c1-22(28)13-27(14-22)12-17-4-2-15-10-18(5-6-19(15)25-17)29-21-7-3-16(11-23-21)20-8-9-24-26-20/h2-11,28H,12-14H2,1H3,(H,24,26). The monoisotopic (exact) mass is 387 g/mol. The third kappa shape index (κ3) is 3.83. The molecule has 7 heteroatoms. The Morgan fingerprint density at radius 1 is 1.14 bits per heavy atom. The van der Waals surface area contributed by atoms with E-state index >= 15 is 0 Å². The van der Waals surface area contributed by atoms with Gasteiger partial charge in [0.15, 0.2) is 0 Å². The number of H-pyrrole nitrogens is 1. The van der Waals surface area contributed by atoms with Gasteiger partial charge in [-0.2, -0.15) is 5.10 Å². The molecule has 1 saturated heterocycles. The van der Waals surface area contributed by atoms with Crippen LogP contribution >= 0.6 is 0 Å². The number of fused-ring (bicyclic) bond motifs is 1. The lowest BCUT2D eigenvalue weighted by molar-refractivity contribution is -0.0875. The normalized spacial score (nSPS) is 15.9. The first kappa shape index (κ1) is 17.8. The smallest absolute Gasteiger partial charge is 0.219 e. The second-order valence-corrected chi connectivity index (χ2v) is 7.76. The third-order valence-electron chi connectivity index (χ3n) is 5.00. The van der Waals surface area contributed by atoms with Crippen LogP contribution in [0, 0.1) is 0 Å². The summed E-state index contributed by atoms with van der Waals surface area (Å²) in [4.78, 5) is 11.3. The van der Waals surface area contributed by atoms with Crippen molar-refractivity contribution in [1.29, 1.82) is 0 Å². The Bertz CT molecular complexity index is 1130. The van der Waals surface area contributed by atoms with Gasteiger partial charge in [-0.05, 0) is 43.3 Å². The summed E-state index contributed by atoms with van der Waals surface area (Å²) in [5.41, 5.74) is 3.22. The highest BCUT2D eigenvalue weighted by molar-refractivity contribution is 5.80. The maximum Gasteiger partial charge on any atom is 0.219 e. The number of nitrogens with one attached hydrogen (secondary N) is 1. The number of pyridine rings is 2. The van der Waals surface area contributed by atoms with Crippen molar-refractivity contribution in [2.45, 2.75) is 19.1 Å². The molecular weight excluding hydrogens is 366 g/mol. The van der Waals surface area contributed by atoms with Crippen molar-refractivity contribution in [3.05, 3.63) is 66.6 Å². The zero-order valence-electron chi connectivity index (χ0n) is 16.0. The topological polar surface area (TPSA) is 87.2 Å². The zero-order valence-corrected chi connectivity index (χ0v) is 16.0. The minimum Gasteiger partial charge on any atom is -0.439 e. The second kappa shape index (κ2) is 6.95. The summed E-state index contributed by atoms with van der Waals surface area (Å²) in [6.07, 6.45) is 3.46. The van der Waals surface area contributed by atoms with E-state index in [1.165, 1.54) is 0 Å². The molecule has 0 unspecified atom stereocenters. The highest BCUT2D eigenvalue weighted by Crippen LogP contribution is 2.27. The lowest BCUT2D eigenvalue weighted by atomic mass is 9.97. The molecule has 0 aliphatic carbocycles. The third-order valence-corrected chi connectivity index (χ3v) is 5.00. The number of benzene rings is 1. The summed E-state index contributed by atoms with van der Waals surface area (Å²) in [6.45, 7) is 3.98. The fourth-order valence-electron chi connectivity index (χ4n) is 3.69. The van der Waals surface area contributed by atoms with Gasteiger partial charge in [0.1, 0.15) is 5.75 Å². The molecule has 0 spiro atoms. The Labute approximate surface area is 168 Å². The minimum absolute atomic E-state index is 0.530. The minimum atomic E-state index is -0.562. The Morgan fingerprint density at radius 2 is 2.03 bits per heavy atom. The van der Waals surface area contributed by atoms with Gasteiger partial charge in [-0.25, -0.2) is 4.98 Å². The number of ether oxygens (including phenoxy) is 1. The molecule has 146 valence electrons. The summed E-state index contributed by atoms with van der Waals surface area (Å²) in [7, 11) is 0. The second-order valence-electron chi connectivity index (χ2n) is 7.76. The van der Waals surface area contributed by atoms with Crippen LogP contribution in [0.4, 0.5) is 0 Å². The number of hydrogen-bond donors (Lipinski definition) is 2. The Morgan fingerprint density at radius 3 is 2.76 bits per heavy atom. The molecule has 0 atom stereocenters. The van der Waals surface area contributed by atoms with Crippen LogP contribution in [0.1, 0.15) is 12.6 Å². The molecule has 2 N–H and O–H groups in total. The average molecular weight is 387 g/mol. The predicted octanol–water partition coefficient (Wildman–Crippen LogP) is 3.38. The van der Waals surface area contributed by atoms with Crippen molar-refractivity contribution in [2.75, 3.05) is 13.1 Å². The summed E-state index contributed by atoms with van der Waals surface area (Å²) in [5.74, 6) is 1.25. The number of hydrogen-bond acceptors (Lipinski definition) is 6. The van der Waals surface area contributed by atoms with Crippen LogP contribution in [0.25, 0.3) is 22.2 Å². The predicted molar refractivity (Wildman–Crippen MR) is 110 cm³/mol. The van der Waals surface area contributed by atoms with E-state index in [1.54, 1.807) is 12.4 Å². The number of nitrogens with zero attached hydrogens (tertiary/aromatic N) is 4. The van der Waals surface area contributed by atoms with E-state index < -0.39 is 5.60 Å². The van der Waals surface area contributed by atoms with E-state index in [9.17, 15) is 5.11 Å².